The Balaban J connectivity index is 1.40. The molecule has 0 aliphatic heterocycles. The van der Waals surface area contributed by atoms with Gasteiger partial charge in [0.15, 0.2) is 5.69 Å². The summed E-state index contributed by atoms with van der Waals surface area (Å²) < 4.78 is 3.41. The van der Waals surface area contributed by atoms with E-state index in [9.17, 15) is 4.79 Å². The van der Waals surface area contributed by atoms with Crippen LogP contribution in [0.2, 0.25) is 5.02 Å². The predicted molar refractivity (Wildman–Crippen MR) is 103 cm³/mol. The molecule has 27 heavy (non-hydrogen) atoms. The van der Waals surface area contributed by atoms with Gasteiger partial charge in [0.05, 0.1) is 17.6 Å². The van der Waals surface area contributed by atoms with Gasteiger partial charge in [-0.3, -0.25) is 4.79 Å². The molecule has 0 unspecified atom stereocenters. The lowest BCUT2D eigenvalue weighted by Crippen LogP contribution is -2.23. The quantitative estimate of drug-likeness (QED) is 0.577. The Morgan fingerprint density at radius 3 is 2.48 bits per heavy atom. The zero-order valence-electron chi connectivity index (χ0n) is 14.3. The summed E-state index contributed by atoms with van der Waals surface area (Å²) in [7, 11) is 0. The second-order valence-corrected chi connectivity index (χ2v) is 6.37. The van der Waals surface area contributed by atoms with E-state index in [1.54, 1.807) is 27.8 Å². The van der Waals surface area contributed by atoms with Crippen molar-refractivity contribution in [2.75, 3.05) is 0 Å². The molecular formula is C20H16ClN5O. The van der Waals surface area contributed by atoms with E-state index in [0.29, 0.717) is 17.3 Å². The van der Waals surface area contributed by atoms with Crippen molar-refractivity contribution < 1.29 is 4.79 Å². The lowest BCUT2D eigenvalue weighted by Gasteiger charge is -2.02. The molecule has 7 heteroatoms. The summed E-state index contributed by atoms with van der Waals surface area (Å²) in [6.07, 6.45) is 5.35. The molecule has 0 aliphatic carbocycles. The lowest BCUT2D eigenvalue weighted by atomic mass is 10.3. The van der Waals surface area contributed by atoms with E-state index >= 15 is 0 Å². The molecular weight excluding hydrogens is 362 g/mol. The number of para-hydroxylation sites is 1. The molecule has 0 spiro atoms. The molecule has 0 saturated heterocycles. The van der Waals surface area contributed by atoms with Crippen LogP contribution in [0.3, 0.4) is 0 Å². The Hall–Kier alpha value is -3.38. The summed E-state index contributed by atoms with van der Waals surface area (Å²) in [5.41, 5.74) is 3.06. The maximum atomic E-state index is 12.3. The van der Waals surface area contributed by atoms with Crippen molar-refractivity contribution in [1.82, 2.24) is 24.9 Å². The monoisotopic (exact) mass is 377 g/mol. The van der Waals surface area contributed by atoms with E-state index < -0.39 is 0 Å². The highest BCUT2D eigenvalue weighted by molar-refractivity contribution is 6.30. The number of benzene rings is 2. The molecule has 1 amide bonds. The third-order valence-corrected chi connectivity index (χ3v) is 4.27. The standard InChI is InChI=1S/C20H16ClN5O/c21-16-6-8-18(9-7-16)26-14-15(13-23-26)12-22-20(27)19-10-11-25(24-19)17-4-2-1-3-5-17/h1-11,13-14H,12H2,(H,22,27). The molecule has 6 nitrogen and oxygen atoms in total. The van der Waals surface area contributed by atoms with Crippen molar-refractivity contribution in [3.8, 4) is 11.4 Å². The van der Waals surface area contributed by atoms with Gasteiger partial charge in [-0.1, -0.05) is 29.8 Å². The van der Waals surface area contributed by atoms with Gasteiger partial charge in [0.25, 0.3) is 5.91 Å². The first-order chi connectivity index (χ1) is 13.2. The van der Waals surface area contributed by atoms with Gasteiger partial charge in [-0.15, -0.1) is 0 Å². The molecule has 134 valence electrons. The Morgan fingerprint density at radius 1 is 0.963 bits per heavy atom. The Bertz CT molecular complexity index is 1050. The minimum atomic E-state index is -0.232. The summed E-state index contributed by atoms with van der Waals surface area (Å²) in [4.78, 5) is 12.3. The zero-order valence-corrected chi connectivity index (χ0v) is 15.0. The van der Waals surface area contributed by atoms with Crippen molar-refractivity contribution in [1.29, 1.82) is 0 Å². The van der Waals surface area contributed by atoms with Gasteiger partial charge in [-0.2, -0.15) is 10.2 Å². The molecule has 0 fully saturated rings. The topological polar surface area (TPSA) is 64.7 Å². The fourth-order valence-electron chi connectivity index (χ4n) is 2.63. The van der Waals surface area contributed by atoms with E-state index in [2.05, 4.69) is 15.5 Å². The van der Waals surface area contributed by atoms with E-state index in [4.69, 9.17) is 11.6 Å². The fourth-order valence-corrected chi connectivity index (χ4v) is 2.75. The van der Waals surface area contributed by atoms with Gasteiger partial charge in [0, 0.05) is 29.5 Å². The first-order valence-corrected chi connectivity index (χ1v) is 8.76. The summed E-state index contributed by atoms with van der Waals surface area (Å²) in [5.74, 6) is -0.232. The number of amides is 1. The summed E-state index contributed by atoms with van der Waals surface area (Å²) >= 11 is 5.90. The highest BCUT2D eigenvalue weighted by Crippen LogP contribution is 2.13. The van der Waals surface area contributed by atoms with Gasteiger partial charge in [0.1, 0.15) is 0 Å². The van der Waals surface area contributed by atoms with Crippen LogP contribution in [-0.4, -0.2) is 25.5 Å². The highest BCUT2D eigenvalue weighted by Gasteiger charge is 2.10. The third-order valence-electron chi connectivity index (χ3n) is 4.02. The van der Waals surface area contributed by atoms with E-state index in [0.717, 1.165) is 16.9 Å². The second kappa shape index (κ2) is 7.47. The fraction of sp³-hybridized carbons (Fsp3) is 0.0500. The molecule has 4 rings (SSSR count). The maximum absolute atomic E-state index is 12.3. The minimum absolute atomic E-state index is 0.232. The Labute approximate surface area is 161 Å². The van der Waals surface area contributed by atoms with Crippen LogP contribution in [0, 0.1) is 0 Å². The van der Waals surface area contributed by atoms with Crippen LogP contribution >= 0.6 is 11.6 Å². The summed E-state index contributed by atoms with van der Waals surface area (Å²) in [5, 5.41) is 12.2. The van der Waals surface area contributed by atoms with Gasteiger partial charge >= 0.3 is 0 Å². The van der Waals surface area contributed by atoms with Crippen LogP contribution in [0.4, 0.5) is 0 Å². The van der Waals surface area contributed by atoms with Crippen LogP contribution in [0.15, 0.2) is 79.3 Å². The largest absolute Gasteiger partial charge is 0.346 e. The molecule has 0 atom stereocenters. The Kier molecular flexibility index (Phi) is 4.72. The third kappa shape index (κ3) is 3.91. The van der Waals surface area contributed by atoms with Gasteiger partial charge in [-0.05, 0) is 42.5 Å². The van der Waals surface area contributed by atoms with Crippen LogP contribution in [0.1, 0.15) is 16.1 Å². The van der Waals surface area contributed by atoms with E-state index in [-0.39, 0.29) is 5.91 Å². The summed E-state index contributed by atoms with van der Waals surface area (Å²) in [6, 6.07) is 18.7. The number of halogens is 1. The van der Waals surface area contributed by atoms with E-state index in [1.165, 1.54) is 0 Å². The van der Waals surface area contributed by atoms with Crippen LogP contribution < -0.4 is 5.32 Å². The van der Waals surface area contributed by atoms with E-state index in [1.807, 2.05) is 60.8 Å². The minimum Gasteiger partial charge on any atom is -0.346 e. The SMILES string of the molecule is O=C(NCc1cnn(-c2ccc(Cl)cc2)c1)c1ccn(-c2ccccc2)n1. The number of nitrogens with one attached hydrogen (secondary N) is 1. The number of hydrogen-bond acceptors (Lipinski definition) is 3. The van der Waals surface area contributed by atoms with Crippen LogP contribution in [-0.2, 0) is 6.54 Å². The molecule has 0 bridgehead atoms. The molecule has 2 aromatic carbocycles. The van der Waals surface area contributed by atoms with Crippen LogP contribution in [0.5, 0.6) is 0 Å². The summed E-state index contributed by atoms with van der Waals surface area (Å²) in [6.45, 7) is 0.366. The normalized spacial score (nSPS) is 10.7. The Morgan fingerprint density at radius 2 is 1.70 bits per heavy atom. The first kappa shape index (κ1) is 17.1. The number of carbonyl (C=O) groups excluding carboxylic acids is 1. The van der Waals surface area contributed by atoms with Crippen molar-refractivity contribution in [2.45, 2.75) is 6.54 Å². The van der Waals surface area contributed by atoms with Crippen molar-refractivity contribution in [2.24, 2.45) is 0 Å². The molecule has 2 aromatic heterocycles. The smallest absolute Gasteiger partial charge is 0.272 e. The predicted octanol–water partition coefficient (Wildman–Crippen LogP) is 3.64. The highest BCUT2D eigenvalue weighted by atomic mass is 35.5. The van der Waals surface area contributed by atoms with Crippen molar-refractivity contribution in [3.63, 3.8) is 0 Å². The number of nitrogens with zero attached hydrogens (tertiary/aromatic N) is 4. The number of rotatable bonds is 5. The van der Waals surface area contributed by atoms with Gasteiger partial charge in [-0.25, -0.2) is 9.36 Å². The second-order valence-electron chi connectivity index (χ2n) is 5.93. The molecule has 0 aliphatic rings. The van der Waals surface area contributed by atoms with Crippen molar-refractivity contribution in [3.05, 3.63) is 95.5 Å². The van der Waals surface area contributed by atoms with Crippen LogP contribution in [0.25, 0.3) is 11.4 Å². The molecule has 2 heterocycles. The number of carbonyl (C=O) groups is 1. The molecule has 0 saturated carbocycles. The first-order valence-electron chi connectivity index (χ1n) is 8.38. The van der Waals surface area contributed by atoms with Gasteiger partial charge < -0.3 is 5.32 Å². The maximum Gasteiger partial charge on any atom is 0.272 e. The molecule has 4 aromatic rings. The zero-order chi connectivity index (χ0) is 18.6. The molecule has 1 N–H and O–H groups in total. The number of hydrogen-bond donors (Lipinski definition) is 1. The molecule has 0 radical (unpaired) electrons. The average molecular weight is 378 g/mol. The van der Waals surface area contributed by atoms with Gasteiger partial charge in [0.2, 0.25) is 0 Å². The average Bonchev–Trinajstić information content (AvgIpc) is 3.37. The lowest BCUT2D eigenvalue weighted by molar-refractivity contribution is 0.0945. The van der Waals surface area contributed by atoms with Crippen molar-refractivity contribution >= 4 is 17.5 Å². The number of aromatic nitrogens is 4.